The summed E-state index contributed by atoms with van der Waals surface area (Å²) in [6.45, 7) is 6.19. The summed E-state index contributed by atoms with van der Waals surface area (Å²) in [5.74, 6) is 1.28. The second kappa shape index (κ2) is 9.30. The summed E-state index contributed by atoms with van der Waals surface area (Å²) in [6.07, 6.45) is 3.34. The molecule has 9 heteroatoms. The maximum atomic E-state index is 12.8. The van der Waals surface area contributed by atoms with Crippen molar-refractivity contribution in [3.8, 4) is 22.9 Å². The molecule has 34 heavy (non-hydrogen) atoms. The van der Waals surface area contributed by atoms with Crippen LogP contribution < -0.4 is 15.4 Å². The zero-order chi connectivity index (χ0) is 24.3. The fraction of sp³-hybridized carbons (Fsp3) is 0.240. The van der Waals surface area contributed by atoms with Crippen LogP contribution in [0.25, 0.3) is 11.3 Å². The Morgan fingerprint density at radius 2 is 1.79 bits per heavy atom. The molecule has 2 N–H and O–H groups in total. The minimum Gasteiger partial charge on any atom is -0.438 e. The van der Waals surface area contributed by atoms with Crippen molar-refractivity contribution in [1.29, 1.82) is 0 Å². The number of carbonyl (C=O) groups excluding carboxylic acids is 1. The molecular formula is C25H27N7O2. The first kappa shape index (κ1) is 22.9. The maximum absolute atomic E-state index is 12.8. The van der Waals surface area contributed by atoms with Gasteiger partial charge < -0.3 is 15.4 Å². The summed E-state index contributed by atoms with van der Waals surface area (Å²) >= 11 is 0. The lowest BCUT2D eigenvalue weighted by molar-refractivity contribution is 0.101. The van der Waals surface area contributed by atoms with Crippen LogP contribution in [-0.4, -0.2) is 37.7 Å². The number of carbonyl (C=O) groups is 1. The molecule has 0 radical (unpaired) electrons. The van der Waals surface area contributed by atoms with Gasteiger partial charge in [-0.3, -0.25) is 9.48 Å². The first-order valence-electron chi connectivity index (χ1n) is 10.8. The van der Waals surface area contributed by atoms with E-state index in [-0.39, 0.29) is 11.3 Å². The molecule has 0 saturated carbocycles. The first-order valence-corrected chi connectivity index (χ1v) is 10.8. The van der Waals surface area contributed by atoms with Crippen molar-refractivity contribution in [3.63, 3.8) is 0 Å². The van der Waals surface area contributed by atoms with Crippen molar-refractivity contribution in [2.45, 2.75) is 26.2 Å². The quantitative estimate of drug-likeness (QED) is 0.434. The van der Waals surface area contributed by atoms with E-state index in [1.54, 1.807) is 61.5 Å². The van der Waals surface area contributed by atoms with E-state index in [1.807, 2.05) is 18.2 Å². The number of ether oxygens (including phenoxy) is 1. The number of anilines is 2. The molecule has 1 amide bonds. The number of nitrogens with zero attached hydrogens (tertiary/aromatic N) is 5. The Kier molecular flexibility index (Phi) is 6.27. The third-order valence-corrected chi connectivity index (χ3v) is 5.13. The first-order chi connectivity index (χ1) is 16.2. The number of rotatable bonds is 6. The molecule has 0 bridgehead atoms. The molecule has 0 atom stereocenters. The zero-order valence-electron chi connectivity index (χ0n) is 19.8. The number of hydrogen-bond donors (Lipinski definition) is 2. The van der Waals surface area contributed by atoms with E-state index in [9.17, 15) is 4.79 Å². The summed E-state index contributed by atoms with van der Waals surface area (Å²) in [4.78, 5) is 25.8. The van der Waals surface area contributed by atoms with Crippen LogP contribution in [-0.2, 0) is 12.5 Å². The molecular weight excluding hydrogens is 430 g/mol. The highest BCUT2D eigenvalue weighted by molar-refractivity contribution is 6.03. The van der Waals surface area contributed by atoms with Crippen LogP contribution in [0.2, 0.25) is 0 Å². The van der Waals surface area contributed by atoms with E-state index in [0.717, 1.165) is 11.3 Å². The van der Waals surface area contributed by atoms with Gasteiger partial charge in [-0.1, -0.05) is 20.8 Å². The molecule has 0 spiro atoms. The van der Waals surface area contributed by atoms with Crippen LogP contribution in [0.5, 0.6) is 11.6 Å². The average Bonchev–Trinajstić information content (AvgIpc) is 3.23. The summed E-state index contributed by atoms with van der Waals surface area (Å²) in [6, 6.07) is 14.4. The van der Waals surface area contributed by atoms with Gasteiger partial charge in [0.05, 0.1) is 17.0 Å². The molecule has 0 unspecified atom stereocenters. The van der Waals surface area contributed by atoms with Gasteiger partial charge in [0.15, 0.2) is 0 Å². The Balaban J connectivity index is 1.49. The van der Waals surface area contributed by atoms with Crippen LogP contribution in [0, 0.1) is 0 Å². The summed E-state index contributed by atoms with van der Waals surface area (Å²) in [5.41, 5.74) is 3.29. The fourth-order valence-corrected chi connectivity index (χ4v) is 3.26. The largest absolute Gasteiger partial charge is 0.438 e. The topological polar surface area (TPSA) is 107 Å². The lowest BCUT2D eigenvalue weighted by Gasteiger charge is -2.13. The maximum Gasteiger partial charge on any atom is 0.273 e. The predicted molar refractivity (Wildman–Crippen MR) is 131 cm³/mol. The summed E-state index contributed by atoms with van der Waals surface area (Å²) in [5, 5.41) is 10.3. The molecule has 4 rings (SSSR count). The van der Waals surface area contributed by atoms with Crippen LogP contribution in [0.4, 0.5) is 11.6 Å². The van der Waals surface area contributed by atoms with Gasteiger partial charge >= 0.3 is 0 Å². The molecule has 0 aliphatic carbocycles. The summed E-state index contributed by atoms with van der Waals surface area (Å²) in [7, 11) is 3.53. The number of amides is 1. The van der Waals surface area contributed by atoms with Gasteiger partial charge in [-0.25, -0.2) is 15.0 Å². The number of pyridine rings is 1. The Morgan fingerprint density at radius 3 is 2.47 bits per heavy atom. The number of hydrogen-bond acceptors (Lipinski definition) is 7. The minimum atomic E-state index is -0.227. The molecule has 0 fully saturated rings. The smallest absolute Gasteiger partial charge is 0.273 e. The number of aryl methyl sites for hydroxylation is 1. The van der Waals surface area contributed by atoms with E-state index in [0.29, 0.717) is 34.7 Å². The van der Waals surface area contributed by atoms with Crippen molar-refractivity contribution in [3.05, 3.63) is 72.3 Å². The zero-order valence-corrected chi connectivity index (χ0v) is 19.8. The fourth-order valence-electron chi connectivity index (χ4n) is 3.26. The second-order valence-corrected chi connectivity index (χ2v) is 8.74. The van der Waals surface area contributed by atoms with Crippen molar-refractivity contribution in [2.75, 3.05) is 17.7 Å². The molecule has 9 nitrogen and oxygen atoms in total. The number of aromatic nitrogens is 5. The van der Waals surface area contributed by atoms with Crippen LogP contribution in [0.1, 0.15) is 37.0 Å². The molecule has 3 heterocycles. The molecule has 4 aromatic rings. The second-order valence-electron chi connectivity index (χ2n) is 8.74. The van der Waals surface area contributed by atoms with Crippen LogP contribution >= 0.6 is 0 Å². The highest BCUT2D eigenvalue weighted by atomic mass is 16.5. The van der Waals surface area contributed by atoms with Crippen molar-refractivity contribution >= 4 is 17.5 Å². The highest BCUT2D eigenvalue weighted by Crippen LogP contribution is 2.31. The van der Waals surface area contributed by atoms with E-state index < -0.39 is 0 Å². The Hall–Kier alpha value is -4.27. The average molecular weight is 458 g/mol. The van der Waals surface area contributed by atoms with E-state index in [2.05, 4.69) is 51.5 Å². The van der Waals surface area contributed by atoms with Gasteiger partial charge in [0.25, 0.3) is 5.91 Å². The molecule has 0 saturated heterocycles. The normalized spacial score (nSPS) is 11.2. The molecule has 174 valence electrons. The van der Waals surface area contributed by atoms with Crippen molar-refractivity contribution in [2.24, 2.45) is 7.05 Å². The highest BCUT2D eigenvalue weighted by Gasteiger charge is 2.21. The Morgan fingerprint density at radius 1 is 1.03 bits per heavy atom. The summed E-state index contributed by atoms with van der Waals surface area (Å²) < 4.78 is 7.62. The van der Waals surface area contributed by atoms with Gasteiger partial charge in [-0.2, -0.15) is 5.10 Å². The standard InChI is InChI=1S/C25H27N7O2/c1-25(2,3)21-15-20(32(5)31-21)22(33)29-16-8-10-17(11-9-16)34-23-18(7-6-13-27-23)19-12-14-28-24(26-4)30-19/h6-15H,1-5H3,(H,29,33)(H,26,28,30). The number of benzene rings is 1. The van der Waals surface area contributed by atoms with E-state index >= 15 is 0 Å². The van der Waals surface area contributed by atoms with Crippen molar-refractivity contribution in [1.82, 2.24) is 24.7 Å². The Bertz CT molecular complexity index is 1310. The molecule has 0 aliphatic heterocycles. The predicted octanol–water partition coefficient (Wildman–Crippen LogP) is 4.66. The van der Waals surface area contributed by atoms with Gasteiger partial charge in [-0.05, 0) is 48.5 Å². The van der Waals surface area contributed by atoms with Gasteiger partial charge in [0, 0.05) is 37.6 Å². The lowest BCUT2D eigenvalue weighted by atomic mass is 9.92. The molecule has 3 aromatic heterocycles. The third-order valence-electron chi connectivity index (χ3n) is 5.13. The number of nitrogens with one attached hydrogen (secondary N) is 2. The Labute approximate surface area is 198 Å². The van der Waals surface area contributed by atoms with Gasteiger partial charge in [0.1, 0.15) is 11.4 Å². The van der Waals surface area contributed by atoms with Crippen molar-refractivity contribution < 1.29 is 9.53 Å². The van der Waals surface area contributed by atoms with Crippen LogP contribution in [0.3, 0.4) is 0 Å². The van der Waals surface area contributed by atoms with Gasteiger partial charge in [0.2, 0.25) is 11.8 Å². The van der Waals surface area contributed by atoms with Crippen LogP contribution in [0.15, 0.2) is 60.9 Å². The SMILES string of the molecule is CNc1nccc(-c2cccnc2Oc2ccc(NC(=O)c3cc(C(C)(C)C)nn3C)cc2)n1. The van der Waals surface area contributed by atoms with Gasteiger partial charge in [-0.15, -0.1) is 0 Å². The molecule has 0 aliphatic rings. The van der Waals surface area contributed by atoms with E-state index in [1.165, 1.54) is 0 Å². The minimum absolute atomic E-state index is 0.139. The monoisotopic (exact) mass is 457 g/mol. The third kappa shape index (κ3) is 5.03. The van der Waals surface area contributed by atoms with E-state index in [4.69, 9.17) is 4.74 Å². The lowest BCUT2D eigenvalue weighted by Crippen LogP contribution is -2.15. The molecule has 1 aromatic carbocycles.